The summed E-state index contributed by atoms with van der Waals surface area (Å²) in [4.78, 5) is 8.78. The molecule has 0 bridgehead atoms. The predicted molar refractivity (Wildman–Crippen MR) is 85.2 cm³/mol. The zero-order valence-electron chi connectivity index (χ0n) is 12.5. The molecule has 3 rings (SSSR count). The van der Waals surface area contributed by atoms with Crippen molar-refractivity contribution in [2.24, 2.45) is 0 Å². The Morgan fingerprint density at radius 1 is 1.05 bits per heavy atom. The number of hydrogen-bond acceptors (Lipinski definition) is 4. The molecule has 6 heteroatoms. The number of rotatable bonds is 4. The Kier molecular flexibility index (Phi) is 4.11. The molecule has 22 heavy (non-hydrogen) atoms. The Bertz CT molecular complexity index is 734. The van der Waals surface area contributed by atoms with Crippen molar-refractivity contribution in [3.05, 3.63) is 47.9 Å². The first kappa shape index (κ1) is 15.0. The van der Waals surface area contributed by atoms with E-state index in [-0.39, 0.29) is 10.7 Å². The van der Waals surface area contributed by atoms with Crippen molar-refractivity contribution in [2.75, 3.05) is 4.72 Å². The van der Waals surface area contributed by atoms with Crippen LogP contribution in [0.25, 0.3) is 0 Å². The first-order valence-electron chi connectivity index (χ1n) is 7.46. The van der Waals surface area contributed by atoms with Gasteiger partial charge in [-0.05, 0) is 31.9 Å². The highest BCUT2D eigenvalue weighted by Crippen LogP contribution is 2.32. The van der Waals surface area contributed by atoms with Gasteiger partial charge >= 0.3 is 0 Å². The molecule has 1 aliphatic carbocycles. The molecule has 0 saturated heterocycles. The van der Waals surface area contributed by atoms with Gasteiger partial charge in [0.1, 0.15) is 0 Å². The zero-order chi connectivity index (χ0) is 15.6. The number of nitrogens with zero attached hydrogens (tertiary/aromatic N) is 2. The van der Waals surface area contributed by atoms with E-state index in [1.807, 2.05) is 6.92 Å². The average Bonchev–Trinajstić information content (AvgIpc) is 3.02. The summed E-state index contributed by atoms with van der Waals surface area (Å²) in [6.45, 7) is 1.91. The molecule has 0 spiro atoms. The molecule has 1 N–H and O–H groups in total. The molecule has 1 aromatic carbocycles. The fourth-order valence-electron chi connectivity index (χ4n) is 2.74. The van der Waals surface area contributed by atoms with Crippen molar-refractivity contribution >= 4 is 15.8 Å². The van der Waals surface area contributed by atoms with Gasteiger partial charge in [-0.15, -0.1) is 0 Å². The lowest BCUT2D eigenvalue weighted by atomic mass is 10.1. The second-order valence-corrected chi connectivity index (χ2v) is 7.41. The van der Waals surface area contributed by atoms with Crippen LogP contribution in [0.1, 0.15) is 42.9 Å². The van der Waals surface area contributed by atoms with Gasteiger partial charge in [-0.3, -0.25) is 9.71 Å². The topological polar surface area (TPSA) is 72.0 Å². The maximum Gasteiger partial charge on any atom is 0.263 e. The van der Waals surface area contributed by atoms with Crippen LogP contribution in [0, 0.1) is 6.92 Å². The zero-order valence-corrected chi connectivity index (χ0v) is 13.3. The van der Waals surface area contributed by atoms with Gasteiger partial charge in [0.25, 0.3) is 10.0 Å². The normalized spacial score (nSPS) is 15.9. The van der Waals surface area contributed by atoms with Gasteiger partial charge in [0.15, 0.2) is 5.82 Å². The minimum absolute atomic E-state index is 0.222. The van der Waals surface area contributed by atoms with Gasteiger partial charge in [0.05, 0.1) is 23.0 Å². The highest BCUT2D eigenvalue weighted by atomic mass is 32.2. The maximum atomic E-state index is 12.3. The molecule has 2 aromatic rings. The number of benzene rings is 1. The third kappa shape index (κ3) is 3.27. The van der Waals surface area contributed by atoms with E-state index < -0.39 is 10.0 Å². The van der Waals surface area contributed by atoms with Crippen LogP contribution in [0.5, 0.6) is 0 Å². The molecular weight excluding hydrogens is 298 g/mol. The third-order valence-corrected chi connectivity index (χ3v) is 5.39. The predicted octanol–water partition coefficient (Wildman–Crippen LogP) is 3.24. The van der Waals surface area contributed by atoms with Crippen LogP contribution in [-0.4, -0.2) is 18.4 Å². The van der Waals surface area contributed by atoms with Crippen LogP contribution in [0.2, 0.25) is 0 Å². The Hall–Kier alpha value is -1.95. The van der Waals surface area contributed by atoms with Crippen LogP contribution >= 0.6 is 0 Å². The number of aryl methyl sites for hydroxylation is 1. The minimum Gasteiger partial charge on any atom is -0.262 e. The van der Waals surface area contributed by atoms with Crippen LogP contribution in [-0.2, 0) is 10.0 Å². The molecule has 1 saturated carbocycles. The summed E-state index contributed by atoms with van der Waals surface area (Å²) in [6.07, 6.45) is 7.93. The Morgan fingerprint density at radius 3 is 2.32 bits per heavy atom. The van der Waals surface area contributed by atoms with Gasteiger partial charge in [0, 0.05) is 5.92 Å². The molecule has 0 aliphatic heterocycles. The van der Waals surface area contributed by atoms with E-state index in [1.165, 1.54) is 19.0 Å². The number of sulfonamides is 1. The summed E-state index contributed by atoms with van der Waals surface area (Å²) in [6, 6.07) is 6.70. The maximum absolute atomic E-state index is 12.3. The van der Waals surface area contributed by atoms with E-state index >= 15 is 0 Å². The van der Waals surface area contributed by atoms with Crippen LogP contribution in [0.3, 0.4) is 0 Å². The number of aromatic nitrogens is 2. The molecule has 5 nitrogen and oxygen atoms in total. The minimum atomic E-state index is -3.61. The lowest BCUT2D eigenvalue weighted by Gasteiger charge is -2.10. The molecule has 0 radical (unpaired) electrons. The largest absolute Gasteiger partial charge is 0.263 e. The van der Waals surface area contributed by atoms with E-state index in [0.717, 1.165) is 24.1 Å². The SMILES string of the molecule is Cc1ccc(S(=O)(=O)Nc2cnc(C3CCCC3)cn2)cc1. The summed E-state index contributed by atoms with van der Waals surface area (Å²) < 4.78 is 27.0. The Balaban J connectivity index is 1.75. The van der Waals surface area contributed by atoms with E-state index in [1.54, 1.807) is 30.5 Å². The van der Waals surface area contributed by atoms with Crippen molar-refractivity contribution in [3.8, 4) is 0 Å². The summed E-state index contributed by atoms with van der Waals surface area (Å²) in [5.74, 6) is 0.720. The van der Waals surface area contributed by atoms with Crippen molar-refractivity contribution in [3.63, 3.8) is 0 Å². The van der Waals surface area contributed by atoms with E-state index in [4.69, 9.17) is 0 Å². The molecule has 0 unspecified atom stereocenters. The summed E-state index contributed by atoms with van der Waals surface area (Å²) in [5, 5.41) is 0. The number of anilines is 1. The standard InChI is InChI=1S/C16H19N3O2S/c1-12-6-8-14(9-7-12)22(20,21)19-16-11-17-15(10-18-16)13-4-2-3-5-13/h6-11,13H,2-5H2,1H3,(H,18,19). The van der Waals surface area contributed by atoms with Crippen molar-refractivity contribution in [1.29, 1.82) is 0 Å². The lowest BCUT2D eigenvalue weighted by molar-refractivity contribution is 0.601. The van der Waals surface area contributed by atoms with Crippen LogP contribution < -0.4 is 4.72 Å². The summed E-state index contributed by atoms with van der Waals surface area (Å²) in [7, 11) is -3.61. The first-order chi connectivity index (χ1) is 10.5. The number of nitrogens with one attached hydrogen (secondary N) is 1. The van der Waals surface area contributed by atoms with E-state index in [2.05, 4.69) is 14.7 Å². The molecule has 1 aliphatic rings. The van der Waals surface area contributed by atoms with Gasteiger partial charge in [-0.1, -0.05) is 30.5 Å². The van der Waals surface area contributed by atoms with Crippen molar-refractivity contribution in [2.45, 2.75) is 43.4 Å². The monoisotopic (exact) mass is 317 g/mol. The number of hydrogen-bond donors (Lipinski definition) is 1. The Labute approximate surface area is 130 Å². The van der Waals surface area contributed by atoms with Gasteiger partial charge in [0.2, 0.25) is 0 Å². The fraction of sp³-hybridized carbons (Fsp3) is 0.375. The van der Waals surface area contributed by atoms with E-state index in [0.29, 0.717) is 5.92 Å². The third-order valence-electron chi connectivity index (χ3n) is 4.02. The second-order valence-electron chi connectivity index (χ2n) is 5.73. The molecule has 116 valence electrons. The lowest BCUT2D eigenvalue weighted by Crippen LogP contribution is -2.14. The molecule has 0 atom stereocenters. The average molecular weight is 317 g/mol. The van der Waals surface area contributed by atoms with Gasteiger partial charge < -0.3 is 0 Å². The molecule has 1 aromatic heterocycles. The molecule has 1 fully saturated rings. The van der Waals surface area contributed by atoms with Crippen LogP contribution in [0.4, 0.5) is 5.82 Å². The molecule has 0 amide bonds. The highest BCUT2D eigenvalue weighted by molar-refractivity contribution is 7.92. The van der Waals surface area contributed by atoms with Crippen LogP contribution in [0.15, 0.2) is 41.6 Å². The van der Waals surface area contributed by atoms with Gasteiger partial charge in [-0.2, -0.15) is 0 Å². The summed E-state index contributed by atoms with van der Waals surface area (Å²) in [5.41, 5.74) is 1.97. The smallest absolute Gasteiger partial charge is 0.262 e. The van der Waals surface area contributed by atoms with Crippen molar-refractivity contribution < 1.29 is 8.42 Å². The second kappa shape index (κ2) is 6.04. The molecular formula is C16H19N3O2S. The van der Waals surface area contributed by atoms with Crippen molar-refractivity contribution in [1.82, 2.24) is 9.97 Å². The van der Waals surface area contributed by atoms with E-state index in [9.17, 15) is 8.42 Å². The molecule has 1 heterocycles. The Morgan fingerprint density at radius 2 is 1.73 bits per heavy atom. The summed E-state index contributed by atoms with van der Waals surface area (Å²) >= 11 is 0. The first-order valence-corrected chi connectivity index (χ1v) is 8.94. The highest BCUT2D eigenvalue weighted by Gasteiger charge is 2.19. The van der Waals surface area contributed by atoms with Gasteiger partial charge in [-0.25, -0.2) is 13.4 Å². The fourth-order valence-corrected chi connectivity index (χ4v) is 3.73. The quantitative estimate of drug-likeness (QED) is 0.939.